The highest BCUT2D eigenvalue weighted by atomic mass is 127. The van der Waals surface area contributed by atoms with Crippen LogP contribution in [-0.4, -0.2) is 50.1 Å². The van der Waals surface area contributed by atoms with Crippen molar-refractivity contribution in [2.24, 2.45) is 10.9 Å². The van der Waals surface area contributed by atoms with Gasteiger partial charge in [-0.1, -0.05) is 42.5 Å². The highest BCUT2D eigenvalue weighted by Crippen LogP contribution is 2.17. The first kappa shape index (κ1) is 25.1. The van der Waals surface area contributed by atoms with Gasteiger partial charge in [0.1, 0.15) is 0 Å². The molecule has 1 fully saturated rings. The summed E-state index contributed by atoms with van der Waals surface area (Å²) < 4.78 is 5.93. The molecule has 168 valence electrons. The summed E-state index contributed by atoms with van der Waals surface area (Å²) in [5, 5.41) is 6.27. The molecule has 0 spiro atoms. The van der Waals surface area contributed by atoms with Crippen molar-refractivity contribution in [2.75, 3.05) is 33.3 Å². The van der Waals surface area contributed by atoms with E-state index in [-0.39, 0.29) is 29.9 Å². The van der Waals surface area contributed by atoms with Crippen LogP contribution in [0.15, 0.2) is 59.6 Å². The van der Waals surface area contributed by atoms with E-state index in [0.29, 0.717) is 31.2 Å². The van der Waals surface area contributed by atoms with E-state index in [2.05, 4.69) is 32.7 Å². The number of hydrogen-bond acceptors (Lipinski definition) is 3. The fourth-order valence-corrected chi connectivity index (χ4v) is 3.68. The SMILES string of the molecule is CCNC(=O)c1cccc(CNC(=NC)N2CCC(COCc3ccccc3)C2)c1.I. The van der Waals surface area contributed by atoms with Gasteiger partial charge in [-0.3, -0.25) is 9.79 Å². The Morgan fingerprint density at radius 3 is 2.65 bits per heavy atom. The first-order valence-electron chi connectivity index (χ1n) is 10.6. The molecular weight excluding hydrogens is 503 g/mol. The highest BCUT2D eigenvalue weighted by molar-refractivity contribution is 14.0. The molecule has 2 N–H and O–H groups in total. The third-order valence-electron chi connectivity index (χ3n) is 5.24. The molecule has 0 radical (unpaired) electrons. The third kappa shape index (κ3) is 7.81. The first-order chi connectivity index (χ1) is 14.7. The van der Waals surface area contributed by atoms with Gasteiger partial charge < -0.3 is 20.3 Å². The van der Waals surface area contributed by atoms with E-state index in [0.717, 1.165) is 37.6 Å². The zero-order chi connectivity index (χ0) is 21.2. The highest BCUT2D eigenvalue weighted by Gasteiger charge is 2.25. The number of carbonyl (C=O) groups excluding carboxylic acids is 1. The van der Waals surface area contributed by atoms with Gasteiger partial charge in [0.2, 0.25) is 0 Å². The zero-order valence-corrected chi connectivity index (χ0v) is 20.7. The molecule has 1 aliphatic rings. The minimum absolute atomic E-state index is 0. The molecule has 7 heteroatoms. The second-order valence-corrected chi connectivity index (χ2v) is 7.56. The number of aliphatic imine (C=N–C) groups is 1. The Bertz CT molecular complexity index is 844. The van der Waals surface area contributed by atoms with Crippen molar-refractivity contribution in [1.82, 2.24) is 15.5 Å². The largest absolute Gasteiger partial charge is 0.376 e. The van der Waals surface area contributed by atoms with E-state index < -0.39 is 0 Å². The smallest absolute Gasteiger partial charge is 0.251 e. The van der Waals surface area contributed by atoms with Gasteiger partial charge in [0, 0.05) is 44.7 Å². The molecule has 1 atom stereocenters. The number of ether oxygens (including phenoxy) is 1. The summed E-state index contributed by atoms with van der Waals surface area (Å²) in [4.78, 5) is 18.8. The van der Waals surface area contributed by atoms with Crippen molar-refractivity contribution in [2.45, 2.75) is 26.5 Å². The minimum Gasteiger partial charge on any atom is -0.376 e. The minimum atomic E-state index is -0.0402. The van der Waals surface area contributed by atoms with Gasteiger partial charge in [-0.25, -0.2) is 0 Å². The number of nitrogens with zero attached hydrogens (tertiary/aromatic N) is 2. The Balaban J connectivity index is 0.00000341. The molecule has 1 amide bonds. The van der Waals surface area contributed by atoms with Crippen molar-refractivity contribution >= 4 is 35.8 Å². The van der Waals surface area contributed by atoms with E-state index in [1.165, 1.54) is 5.56 Å². The third-order valence-corrected chi connectivity index (χ3v) is 5.24. The van der Waals surface area contributed by atoms with Crippen molar-refractivity contribution < 1.29 is 9.53 Å². The van der Waals surface area contributed by atoms with Gasteiger partial charge in [0.05, 0.1) is 13.2 Å². The Hall–Kier alpha value is -2.13. The van der Waals surface area contributed by atoms with Gasteiger partial charge >= 0.3 is 0 Å². The first-order valence-corrected chi connectivity index (χ1v) is 10.6. The van der Waals surface area contributed by atoms with Crippen molar-refractivity contribution in [3.05, 3.63) is 71.3 Å². The van der Waals surface area contributed by atoms with Gasteiger partial charge in [0.15, 0.2) is 5.96 Å². The van der Waals surface area contributed by atoms with Crippen LogP contribution in [0.2, 0.25) is 0 Å². The Labute approximate surface area is 202 Å². The number of likely N-dealkylation sites (tertiary alicyclic amines) is 1. The van der Waals surface area contributed by atoms with E-state index in [1.54, 1.807) is 0 Å². The molecule has 1 heterocycles. The molecule has 0 aliphatic carbocycles. The molecule has 6 nitrogen and oxygen atoms in total. The maximum atomic E-state index is 12.0. The number of halogens is 1. The standard InChI is InChI=1S/C24H32N4O2.HI/c1-3-26-23(29)22-11-7-10-20(14-22)15-27-24(25-2)28-13-12-21(16-28)18-30-17-19-8-5-4-6-9-19;/h4-11,14,21H,3,12-13,15-18H2,1-2H3,(H,25,27)(H,26,29);1H. The van der Waals surface area contributed by atoms with Crippen LogP contribution in [0.4, 0.5) is 0 Å². The van der Waals surface area contributed by atoms with Gasteiger partial charge in [-0.2, -0.15) is 0 Å². The predicted molar refractivity (Wildman–Crippen MR) is 136 cm³/mol. The number of benzene rings is 2. The summed E-state index contributed by atoms with van der Waals surface area (Å²) >= 11 is 0. The monoisotopic (exact) mass is 536 g/mol. The fourth-order valence-electron chi connectivity index (χ4n) is 3.68. The second-order valence-electron chi connectivity index (χ2n) is 7.56. The van der Waals surface area contributed by atoms with Crippen LogP contribution in [0, 0.1) is 5.92 Å². The average molecular weight is 536 g/mol. The molecule has 1 saturated heterocycles. The molecule has 3 rings (SSSR count). The van der Waals surface area contributed by atoms with E-state index in [9.17, 15) is 4.79 Å². The number of guanidine groups is 1. The van der Waals surface area contributed by atoms with Crippen LogP contribution in [-0.2, 0) is 17.9 Å². The van der Waals surface area contributed by atoms with Crippen molar-refractivity contribution in [1.29, 1.82) is 0 Å². The lowest BCUT2D eigenvalue weighted by Gasteiger charge is -2.22. The summed E-state index contributed by atoms with van der Waals surface area (Å²) in [6, 6.07) is 18.0. The molecule has 0 aromatic heterocycles. The van der Waals surface area contributed by atoms with Crippen LogP contribution in [0.3, 0.4) is 0 Å². The summed E-state index contributed by atoms with van der Waals surface area (Å²) in [5.41, 5.74) is 2.95. The molecule has 0 saturated carbocycles. The molecule has 0 bridgehead atoms. The van der Waals surface area contributed by atoms with Crippen LogP contribution < -0.4 is 10.6 Å². The summed E-state index contributed by atoms with van der Waals surface area (Å²) in [7, 11) is 1.81. The Kier molecular flexibility index (Phi) is 10.8. The maximum Gasteiger partial charge on any atom is 0.251 e. The van der Waals surface area contributed by atoms with Crippen LogP contribution in [0.1, 0.15) is 34.8 Å². The fraction of sp³-hybridized carbons (Fsp3) is 0.417. The number of hydrogen-bond donors (Lipinski definition) is 2. The lowest BCUT2D eigenvalue weighted by atomic mass is 10.1. The van der Waals surface area contributed by atoms with Gasteiger partial charge in [0.25, 0.3) is 5.91 Å². The predicted octanol–water partition coefficient (Wildman–Crippen LogP) is 3.67. The molecular formula is C24H33IN4O2. The number of nitrogens with one attached hydrogen (secondary N) is 2. The Morgan fingerprint density at radius 2 is 1.90 bits per heavy atom. The molecule has 2 aromatic carbocycles. The Morgan fingerprint density at radius 1 is 1.13 bits per heavy atom. The van der Waals surface area contributed by atoms with Crippen LogP contribution in [0.25, 0.3) is 0 Å². The summed E-state index contributed by atoms with van der Waals surface area (Å²) in [6.45, 7) is 6.50. The number of amides is 1. The lowest BCUT2D eigenvalue weighted by Crippen LogP contribution is -2.39. The summed E-state index contributed by atoms with van der Waals surface area (Å²) in [6.07, 6.45) is 1.10. The quantitative estimate of drug-likeness (QED) is 0.307. The normalized spacial score (nSPS) is 16.0. The van der Waals surface area contributed by atoms with E-state index in [4.69, 9.17) is 4.74 Å². The van der Waals surface area contributed by atoms with Gasteiger partial charge in [-0.15, -0.1) is 24.0 Å². The summed E-state index contributed by atoms with van der Waals surface area (Å²) in [5.74, 6) is 1.36. The van der Waals surface area contributed by atoms with Crippen LogP contribution in [0.5, 0.6) is 0 Å². The second kappa shape index (κ2) is 13.3. The average Bonchev–Trinajstić information content (AvgIpc) is 3.24. The number of carbonyl (C=O) groups is 1. The van der Waals surface area contributed by atoms with E-state index in [1.807, 2.05) is 56.4 Å². The molecule has 1 aliphatic heterocycles. The zero-order valence-electron chi connectivity index (χ0n) is 18.3. The molecule has 1 unspecified atom stereocenters. The topological polar surface area (TPSA) is 66.0 Å². The van der Waals surface area contributed by atoms with Crippen LogP contribution >= 0.6 is 24.0 Å². The maximum absolute atomic E-state index is 12.0. The van der Waals surface area contributed by atoms with Gasteiger partial charge in [-0.05, 0) is 36.6 Å². The van der Waals surface area contributed by atoms with Crippen molar-refractivity contribution in [3.8, 4) is 0 Å². The molecule has 2 aromatic rings. The van der Waals surface area contributed by atoms with E-state index >= 15 is 0 Å². The molecule has 31 heavy (non-hydrogen) atoms. The van der Waals surface area contributed by atoms with Crippen molar-refractivity contribution in [3.63, 3.8) is 0 Å². The number of rotatable bonds is 8. The lowest BCUT2D eigenvalue weighted by molar-refractivity contribution is 0.0906.